The number of rotatable bonds is 4. The molecule has 0 saturated carbocycles. The molecule has 0 saturated heterocycles. The van der Waals surface area contributed by atoms with Crippen molar-refractivity contribution in [1.82, 2.24) is 0 Å². The second kappa shape index (κ2) is 23.1. The summed E-state index contributed by atoms with van der Waals surface area (Å²) in [6.45, 7) is 0. The summed E-state index contributed by atoms with van der Waals surface area (Å²) < 4.78 is 21.4. The molecular formula is C68H48O4. The van der Waals surface area contributed by atoms with Gasteiger partial charge in [-0.25, -0.2) is 0 Å². The first-order valence-corrected chi connectivity index (χ1v) is 23.6. The molecule has 0 radical (unpaired) electrons. The molecule has 0 fully saturated rings. The van der Waals surface area contributed by atoms with E-state index in [-0.39, 0.29) is 0 Å². The molecule has 0 atom stereocenters. The molecule has 4 heteroatoms. The molecule has 0 spiro atoms. The van der Waals surface area contributed by atoms with Crippen LogP contribution >= 0.6 is 0 Å². The van der Waals surface area contributed by atoms with Crippen LogP contribution in [0, 0.1) is 71.0 Å². The molecule has 4 nitrogen and oxygen atoms in total. The molecule has 0 amide bonds. The second-order valence-corrected chi connectivity index (χ2v) is 16.9. The van der Waals surface area contributed by atoms with Crippen molar-refractivity contribution in [3.63, 3.8) is 0 Å². The van der Waals surface area contributed by atoms with Crippen LogP contribution in [0.3, 0.4) is 0 Å². The maximum absolute atomic E-state index is 5.40. The first-order chi connectivity index (χ1) is 35.4. The number of hydrogen-bond acceptors (Lipinski definition) is 4. The Labute approximate surface area is 424 Å². The minimum atomic E-state index is 0.716. The molecule has 4 bridgehead atoms. The third kappa shape index (κ3) is 12.5. The highest BCUT2D eigenvalue weighted by Crippen LogP contribution is 2.27. The zero-order valence-corrected chi connectivity index (χ0v) is 40.6. The Bertz CT molecular complexity index is 3640. The SMILES string of the molecule is COc1ccc(C#Cc2ccc(C#Cc3ccc(C#Cc4cc5c(C#Cc6ccc(OC)cc6)cc4CCc4cc(C#Cc6ccc(OC)cc6)c(cc4C#Cc4ccc(OC)cc4)CC5)cc3)cc2)cc1. The number of hydrogen-bond donors (Lipinski definition) is 0. The molecule has 0 heterocycles. The minimum absolute atomic E-state index is 0.716. The Balaban J connectivity index is 1.02. The summed E-state index contributed by atoms with van der Waals surface area (Å²) in [7, 11) is 6.66. The Morgan fingerprint density at radius 1 is 0.222 bits per heavy atom. The predicted molar refractivity (Wildman–Crippen MR) is 288 cm³/mol. The fourth-order valence-electron chi connectivity index (χ4n) is 8.03. The van der Waals surface area contributed by atoms with Crippen LogP contribution < -0.4 is 18.9 Å². The molecule has 0 unspecified atom stereocenters. The van der Waals surface area contributed by atoms with Crippen LogP contribution in [0.4, 0.5) is 0 Å². The van der Waals surface area contributed by atoms with Crippen molar-refractivity contribution < 1.29 is 18.9 Å². The maximum Gasteiger partial charge on any atom is 0.118 e. The molecule has 0 aromatic heterocycles. The van der Waals surface area contributed by atoms with Crippen LogP contribution in [0.1, 0.15) is 89.0 Å². The Morgan fingerprint density at radius 3 is 0.542 bits per heavy atom. The van der Waals surface area contributed by atoms with Gasteiger partial charge in [-0.2, -0.15) is 0 Å². The lowest BCUT2D eigenvalue weighted by Crippen LogP contribution is -2.07. The fourth-order valence-corrected chi connectivity index (χ4v) is 8.03. The van der Waals surface area contributed by atoms with E-state index in [4.69, 9.17) is 18.9 Å². The standard InChI is InChI=1S/C68H48O4/c1-69-65-37-21-53(22-38-65)16-13-50-8-5-49(6-9-50)7-10-51-11-14-52(15-12-51)17-29-57-45-62-35-36-64-48-59(31-19-55-25-41-67(71-3)42-26-55)63(47-60(64)32-20-56-27-43-68(72-4)44-28-56)34-33-61(57)46-58(62)30-18-54-23-39-66(70-2)40-24-54/h5-6,8-9,11-12,14-15,21-28,37-48H,33-36H2,1-4H3. The van der Waals surface area contributed by atoms with Gasteiger partial charge in [-0.15, -0.1) is 0 Å². The highest BCUT2D eigenvalue weighted by atomic mass is 16.5. The molecule has 8 aromatic carbocycles. The third-order valence-corrected chi connectivity index (χ3v) is 12.2. The summed E-state index contributed by atoms with van der Waals surface area (Å²) in [6.07, 6.45) is 2.88. The molecule has 4 aliphatic carbocycles. The van der Waals surface area contributed by atoms with Gasteiger partial charge in [0.2, 0.25) is 0 Å². The normalized spacial score (nSPS) is 10.7. The van der Waals surface area contributed by atoms with E-state index in [9.17, 15) is 0 Å². The predicted octanol–water partition coefficient (Wildman–Crippen LogP) is 12.0. The second-order valence-electron chi connectivity index (χ2n) is 16.9. The van der Waals surface area contributed by atoms with Gasteiger partial charge in [0, 0.05) is 66.8 Å². The van der Waals surface area contributed by atoms with Crippen molar-refractivity contribution >= 4 is 0 Å². The number of aryl methyl sites for hydroxylation is 4. The highest BCUT2D eigenvalue weighted by molar-refractivity contribution is 5.60. The molecule has 0 N–H and O–H groups in total. The lowest BCUT2D eigenvalue weighted by atomic mass is 9.86. The van der Waals surface area contributed by atoms with Crippen molar-refractivity contribution in [1.29, 1.82) is 0 Å². The van der Waals surface area contributed by atoms with Crippen molar-refractivity contribution in [3.8, 4) is 94.0 Å². The summed E-state index contributed by atoms with van der Waals surface area (Å²) in [5, 5.41) is 0. The van der Waals surface area contributed by atoms with Crippen molar-refractivity contribution in [3.05, 3.63) is 259 Å². The Kier molecular flexibility index (Phi) is 15.2. The highest BCUT2D eigenvalue weighted by Gasteiger charge is 2.16. The van der Waals surface area contributed by atoms with E-state index < -0.39 is 0 Å². The van der Waals surface area contributed by atoms with E-state index >= 15 is 0 Å². The van der Waals surface area contributed by atoms with E-state index in [2.05, 4.69) is 95.3 Å². The van der Waals surface area contributed by atoms with Gasteiger partial charge in [0.25, 0.3) is 0 Å². The van der Waals surface area contributed by atoms with E-state index in [1.807, 2.05) is 146 Å². The quantitative estimate of drug-likeness (QED) is 0.165. The average molecular weight is 929 g/mol. The van der Waals surface area contributed by atoms with Crippen molar-refractivity contribution in [2.45, 2.75) is 25.7 Å². The zero-order chi connectivity index (χ0) is 49.5. The molecule has 0 aliphatic heterocycles. The van der Waals surface area contributed by atoms with Gasteiger partial charge in [0.1, 0.15) is 23.0 Å². The van der Waals surface area contributed by atoms with Crippen LogP contribution in [0.15, 0.2) is 170 Å². The first kappa shape index (κ1) is 47.4. The minimum Gasteiger partial charge on any atom is -0.497 e. The largest absolute Gasteiger partial charge is 0.497 e. The third-order valence-electron chi connectivity index (χ3n) is 12.2. The van der Waals surface area contributed by atoms with E-state index in [0.29, 0.717) is 6.42 Å². The van der Waals surface area contributed by atoms with Crippen LogP contribution in [0.2, 0.25) is 0 Å². The zero-order valence-electron chi connectivity index (χ0n) is 40.6. The number of methoxy groups -OCH3 is 4. The fraction of sp³-hybridized carbons (Fsp3) is 0.118. The molecule has 8 aromatic rings. The summed E-state index contributed by atoms with van der Waals surface area (Å²) in [5.41, 5.74) is 15.8. The van der Waals surface area contributed by atoms with Gasteiger partial charge in [0.05, 0.1) is 28.4 Å². The lowest BCUT2D eigenvalue weighted by Gasteiger charge is -2.17. The number of ether oxygens (including phenoxy) is 4. The van der Waals surface area contributed by atoms with Crippen molar-refractivity contribution in [2.24, 2.45) is 0 Å². The number of benzene rings is 8. The van der Waals surface area contributed by atoms with Gasteiger partial charge in [-0.1, -0.05) is 71.0 Å². The summed E-state index contributed by atoms with van der Waals surface area (Å²) in [4.78, 5) is 0. The van der Waals surface area contributed by atoms with Crippen LogP contribution in [-0.4, -0.2) is 28.4 Å². The summed E-state index contributed by atoms with van der Waals surface area (Å²) >= 11 is 0. The lowest BCUT2D eigenvalue weighted by molar-refractivity contribution is 0.414. The van der Waals surface area contributed by atoms with Gasteiger partial charge in [-0.05, 0) is 218 Å². The van der Waals surface area contributed by atoms with E-state index in [1.54, 1.807) is 28.4 Å². The molecular weight excluding hydrogens is 881 g/mol. The maximum atomic E-state index is 5.40. The van der Waals surface area contributed by atoms with Gasteiger partial charge in [-0.3, -0.25) is 0 Å². The van der Waals surface area contributed by atoms with Crippen LogP contribution in [0.25, 0.3) is 0 Å². The topological polar surface area (TPSA) is 36.9 Å². The molecule has 344 valence electrons. The van der Waals surface area contributed by atoms with Gasteiger partial charge in [0.15, 0.2) is 0 Å². The summed E-state index contributed by atoms with van der Waals surface area (Å²) in [6, 6.07) is 56.4. The molecule has 72 heavy (non-hydrogen) atoms. The smallest absolute Gasteiger partial charge is 0.118 e. The first-order valence-electron chi connectivity index (χ1n) is 23.6. The summed E-state index contributed by atoms with van der Waals surface area (Å²) in [5.74, 6) is 44.2. The van der Waals surface area contributed by atoms with E-state index in [1.165, 1.54) is 0 Å². The average Bonchev–Trinajstić information content (AvgIpc) is 3.43. The van der Waals surface area contributed by atoms with Gasteiger partial charge >= 0.3 is 0 Å². The van der Waals surface area contributed by atoms with Crippen LogP contribution in [-0.2, 0) is 25.7 Å². The molecule has 12 rings (SSSR count). The van der Waals surface area contributed by atoms with Crippen molar-refractivity contribution in [2.75, 3.05) is 28.4 Å². The monoisotopic (exact) mass is 928 g/mol. The Morgan fingerprint density at radius 2 is 0.375 bits per heavy atom. The Hall–Kier alpha value is -9.68. The van der Waals surface area contributed by atoms with Gasteiger partial charge < -0.3 is 18.9 Å². The van der Waals surface area contributed by atoms with Crippen LogP contribution in [0.5, 0.6) is 23.0 Å². The van der Waals surface area contributed by atoms with E-state index in [0.717, 1.165) is 131 Å². The molecule has 4 aliphatic rings.